The summed E-state index contributed by atoms with van der Waals surface area (Å²) in [4.78, 5) is 26.2. The van der Waals surface area contributed by atoms with E-state index in [4.69, 9.17) is 5.26 Å². The van der Waals surface area contributed by atoms with E-state index in [9.17, 15) is 9.59 Å². The molecule has 0 radical (unpaired) electrons. The van der Waals surface area contributed by atoms with E-state index in [0.717, 1.165) is 5.56 Å². The highest BCUT2D eigenvalue weighted by Gasteiger charge is 2.30. The van der Waals surface area contributed by atoms with Gasteiger partial charge in [-0.3, -0.25) is 9.59 Å². The standard InChI is InChI=1S/C19H17N3O2/c20-11-15-7-4-8-16(9-15)19(24)21-17-10-18(23)22(13-17)12-14-5-2-1-3-6-14/h1-9,17H,10,12-13H2,(H,21,24). The Morgan fingerprint density at radius 1 is 1.21 bits per heavy atom. The largest absolute Gasteiger partial charge is 0.347 e. The van der Waals surface area contributed by atoms with Gasteiger partial charge in [0.2, 0.25) is 5.91 Å². The van der Waals surface area contributed by atoms with E-state index in [1.54, 1.807) is 29.2 Å². The second kappa shape index (κ2) is 6.97. The molecular formula is C19H17N3O2. The predicted octanol–water partition coefficient (Wildman–Crippen LogP) is 2.09. The summed E-state index contributed by atoms with van der Waals surface area (Å²) >= 11 is 0. The van der Waals surface area contributed by atoms with E-state index in [1.807, 2.05) is 36.4 Å². The van der Waals surface area contributed by atoms with Crippen LogP contribution in [0, 0.1) is 11.3 Å². The number of amides is 2. The van der Waals surface area contributed by atoms with Gasteiger partial charge in [-0.05, 0) is 23.8 Å². The van der Waals surface area contributed by atoms with Gasteiger partial charge < -0.3 is 10.2 Å². The molecular weight excluding hydrogens is 302 g/mol. The fourth-order valence-electron chi connectivity index (χ4n) is 2.82. The fourth-order valence-corrected chi connectivity index (χ4v) is 2.82. The zero-order chi connectivity index (χ0) is 16.9. The summed E-state index contributed by atoms with van der Waals surface area (Å²) in [5, 5.41) is 11.8. The zero-order valence-corrected chi connectivity index (χ0v) is 13.1. The molecule has 1 unspecified atom stereocenters. The van der Waals surface area contributed by atoms with E-state index < -0.39 is 0 Å². The Bertz CT molecular complexity index is 796. The van der Waals surface area contributed by atoms with Gasteiger partial charge in [0.25, 0.3) is 5.91 Å². The Kier molecular flexibility index (Phi) is 4.57. The number of hydrogen-bond donors (Lipinski definition) is 1. The number of carbonyl (C=O) groups is 2. The van der Waals surface area contributed by atoms with Crippen LogP contribution in [-0.4, -0.2) is 29.3 Å². The van der Waals surface area contributed by atoms with Crippen molar-refractivity contribution in [1.29, 1.82) is 5.26 Å². The second-order valence-electron chi connectivity index (χ2n) is 5.83. The Morgan fingerprint density at radius 3 is 2.75 bits per heavy atom. The molecule has 2 aromatic carbocycles. The number of nitrogens with zero attached hydrogens (tertiary/aromatic N) is 2. The second-order valence-corrected chi connectivity index (χ2v) is 5.83. The van der Waals surface area contributed by atoms with Crippen LogP contribution in [0.2, 0.25) is 0 Å². The minimum absolute atomic E-state index is 0.0370. The highest BCUT2D eigenvalue weighted by atomic mass is 16.2. The highest BCUT2D eigenvalue weighted by molar-refractivity contribution is 5.95. The smallest absolute Gasteiger partial charge is 0.251 e. The van der Waals surface area contributed by atoms with Crippen molar-refractivity contribution in [2.75, 3.05) is 6.54 Å². The maximum atomic E-state index is 12.3. The van der Waals surface area contributed by atoms with Crippen LogP contribution in [0.15, 0.2) is 54.6 Å². The molecule has 120 valence electrons. The third kappa shape index (κ3) is 3.61. The quantitative estimate of drug-likeness (QED) is 0.938. The third-order valence-electron chi connectivity index (χ3n) is 4.02. The summed E-state index contributed by atoms with van der Waals surface area (Å²) in [6.45, 7) is 1.05. The third-order valence-corrected chi connectivity index (χ3v) is 4.02. The summed E-state index contributed by atoms with van der Waals surface area (Å²) in [7, 11) is 0. The minimum atomic E-state index is -0.258. The van der Waals surface area contributed by atoms with E-state index in [1.165, 1.54) is 0 Å². The Balaban J connectivity index is 1.61. The van der Waals surface area contributed by atoms with Gasteiger partial charge in [0.15, 0.2) is 0 Å². The monoisotopic (exact) mass is 319 g/mol. The lowest BCUT2D eigenvalue weighted by atomic mass is 10.1. The summed E-state index contributed by atoms with van der Waals surface area (Å²) in [5.41, 5.74) is 1.94. The number of hydrogen-bond acceptors (Lipinski definition) is 3. The average molecular weight is 319 g/mol. The van der Waals surface area contributed by atoms with E-state index in [0.29, 0.717) is 30.6 Å². The van der Waals surface area contributed by atoms with Gasteiger partial charge in [-0.15, -0.1) is 0 Å². The predicted molar refractivity (Wildman–Crippen MR) is 88.9 cm³/mol. The molecule has 0 saturated carbocycles. The van der Waals surface area contributed by atoms with Gasteiger partial charge in [0, 0.05) is 25.1 Å². The summed E-state index contributed by atoms with van der Waals surface area (Å²) in [6.07, 6.45) is 0.302. The normalized spacial score (nSPS) is 16.7. The van der Waals surface area contributed by atoms with Gasteiger partial charge >= 0.3 is 0 Å². The molecule has 0 aromatic heterocycles. The van der Waals surface area contributed by atoms with Gasteiger partial charge in [-0.1, -0.05) is 36.4 Å². The fraction of sp³-hybridized carbons (Fsp3) is 0.211. The van der Waals surface area contributed by atoms with Gasteiger partial charge in [0.05, 0.1) is 17.7 Å². The van der Waals surface area contributed by atoms with Crippen LogP contribution in [-0.2, 0) is 11.3 Å². The molecule has 1 atom stereocenters. The van der Waals surface area contributed by atoms with E-state index >= 15 is 0 Å². The van der Waals surface area contributed by atoms with E-state index in [2.05, 4.69) is 5.32 Å². The molecule has 3 rings (SSSR count). The van der Waals surface area contributed by atoms with Gasteiger partial charge in [-0.25, -0.2) is 0 Å². The first-order chi connectivity index (χ1) is 11.7. The molecule has 1 N–H and O–H groups in total. The number of rotatable bonds is 4. The molecule has 0 aliphatic carbocycles. The topological polar surface area (TPSA) is 73.2 Å². The SMILES string of the molecule is N#Cc1cccc(C(=O)NC2CC(=O)N(Cc3ccccc3)C2)c1. The van der Waals surface area contributed by atoms with Crippen LogP contribution < -0.4 is 5.32 Å². The summed E-state index contributed by atoms with van der Waals surface area (Å²) in [6, 6.07) is 18.1. The van der Waals surface area contributed by atoms with E-state index in [-0.39, 0.29) is 17.9 Å². The molecule has 5 heteroatoms. The molecule has 0 spiro atoms. The van der Waals surface area contributed by atoms with Crippen molar-refractivity contribution in [1.82, 2.24) is 10.2 Å². The van der Waals surface area contributed by atoms with Crippen LogP contribution >= 0.6 is 0 Å². The maximum absolute atomic E-state index is 12.3. The first-order valence-electron chi connectivity index (χ1n) is 7.78. The molecule has 0 bridgehead atoms. The lowest BCUT2D eigenvalue weighted by molar-refractivity contribution is -0.128. The van der Waals surface area contributed by atoms with Gasteiger partial charge in [0.1, 0.15) is 0 Å². The number of carbonyl (C=O) groups excluding carboxylic acids is 2. The number of benzene rings is 2. The van der Waals surface area contributed by atoms with Crippen molar-refractivity contribution in [3.05, 3.63) is 71.3 Å². The molecule has 1 aliphatic rings. The zero-order valence-electron chi connectivity index (χ0n) is 13.1. The van der Waals surface area contributed by atoms with Crippen molar-refractivity contribution in [2.24, 2.45) is 0 Å². The molecule has 1 saturated heterocycles. The average Bonchev–Trinajstić information content (AvgIpc) is 2.95. The first kappa shape index (κ1) is 15.8. The van der Waals surface area contributed by atoms with Crippen molar-refractivity contribution < 1.29 is 9.59 Å². The van der Waals surface area contributed by atoms with Crippen LogP contribution in [0.25, 0.3) is 0 Å². The highest BCUT2D eigenvalue weighted by Crippen LogP contribution is 2.16. The van der Waals surface area contributed by atoms with Crippen LogP contribution in [0.1, 0.15) is 27.9 Å². The Hall–Kier alpha value is -3.13. The lowest BCUT2D eigenvalue weighted by Gasteiger charge is -2.17. The molecule has 5 nitrogen and oxygen atoms in total. The van der Waals surface area contributed by atoms with Crippen molar-refractivity contribution in [3.8, 4) is 6.07 Å². The first-order valence-corrected chi connectivity index (χ1v) is 7.78. The maximum Gasteiger partial charge on any atom is 0.251 e. The summed E-state index contributed by atoms with van der Waals surface area (Å²) in [5.74, 6) is -0.221. The molecule has 2 aromatic rings. The van der Waals surface area contributed by atoms with Crippen LogP contribution in [0.5, 0.6) is 0 Å². The number of nitrogens with one attached hydrogen (secondary N) is 1. The molecule has 1 heterocycles. The van der Waals surface area contributed by atoms with Crippen molar-refractivity contribution >= 4 is 11.8 Å². The molecule has 1 fully saturated rings. The van der Waals surface area contributed by atoms with Crippen LogP contribution in [0.4, 0.5) is 0 Å². The number of nitriles is 1. The van der Waals surface area contributed by atoms with Gasteiger partial charge in [-0.2, -0.15) is 5.26 Å². The Labute approximate surface area is 140 Å². The minimum Gasteiger partial charge on any atom is -0.347 e. The van der Waals surface area contributed by atoms with Crippen LogP contribution in [0.3, 0.4) is 0 Å². The molecule has 1 aliphatic heterocycles. The molecule has 24 heavy (non-hydrogen) atoms. The lowest BCUT2D eigenvalue weighted by Crippen LogP contribution is -2.37. The summed E-state index contributed by atoms with van der Waals surface area (Å²) < 4.78 is 0. The van der Waals surface area contributed by atoms with Crippen molar-refractivity contribution in [3.63, 3.8) is 0 Å². The Morgan fingerprint density at radius 2 is 2.00 bits per heavy atom. The molecule has 2 amide bonds. The van der Waals surface area contributed by atoms with Crippen molar-refractivity contribution in [2.45, 2.75) is 19.0 Å². The number of likely N-dealkylation sites (tertiary alicyclic amines) is 1.